The second-order valence-electron chi connectivity index (χ2n) is 9.83. The molecular formula is C27H22Cl2N2O4. The van der Waals surface area contributed by atoms with Crippen LogP contribution >= 0.6 is 23.2 Å². The number of carbonyl (C=O) groups is 4. The van der Waals surface area contributed by atoms with Gasteiger partial charge in [-0.25, -0.2) is 5.01 Å². The van der Waals surface area contributed by atoms with E-state index in [-0.39, 0.29) is 33.2 Å². The van der Waals surface area contributed by atoms with Crippen LogP contribution in [-0.4, -0.2) is 39.6 Å². The van der Waals surface area contributed by atoms with Crippen LogP contribution in [0, 0.1) is 35.5 Å². The molecule has 0 unspecified atom stereocenters. The molecule has 2 aromatic carbocycles. The Kier molecular flexibility index (Phi) is 5.17. The van der Waals surface area contributed by atoms with Crippen LogP contribution in [0.1, 0.15) is 34.1 Å². The fraction of sp³-hybridized carbons (Fsp3) is 0.333. The Morgan fingerprint density at radius 3 is 2.06 bits per heavy atom. The average Bonchev–Trinajstić information content (AvgIpc) is 3.65. The molecule has 1 aliphatic heterocycles. The van der Waals surface area contributed by atoms with Gasteiger partial charge in [-0.15, -0.1) is 0 Å². The molecule has 1 heterocycles. The summed E-state index contributed by atoms with van der Waals surface area (Å²) in [5.41, 5.74) is 0.512. The second kappa shape index (κ2) is 8.04. The highest BCUT2D eigenvalue weighted by Gasteiger charge is 2.68. The largest absolute Gasteiger partial charge is 0.292 e. The van der Waals surface area contributed by atoms with E-state index in [2.05, 4.69) is 12.2 Å². The molecule has 3 fully saturated rings. The van der Waals surface area contributed by atoms with Crippen molar-refractivity contribution in [2.45, 2.75) is 19.4 Å². The molecule has 2 aromatic rings. The number of halogens is 2. The van der Waals surface area contributed by atoms with Crippen LogP contribution < -0.4 is 0 Å². The zero-order valence-electron chi connectivity index (χ0n) is 18.8. The van der Waals surface area contributed by atoms with E-state index in [1.807, 2.05) is 0 Å². The smallest absolute Gasteiger partial charge is 0.273 e. The first kappa shape index (κ1) is 22.5. The molecule has 7 rings (SSSR count). The molecule has 8 heteroatoms. The summed E-state index contributed by atoms with van der Waals surface area (Å²) < 4.78 is 0. The van der Waals surface area contributed by atoms with Gasteiger partial charge in [-0.3, -0.25) is 19.2 Å². The van der Waals surface area contributed by atoms with E-state index < -0.39 is 35.6 Å². The highest BCUT2D eigenvalue weighted by Crippen LogP contribution is 2.65. The van der Waals surface area contributed by atoms with E-state index in [0.717, 1.165) is 16.4 Å². The molecule has 6 nitrogen and oxygen atoms in total. The number of carbonyl (C=O) groups excluding carboxylic acids is 4. The Hall–Kier alpha value is -2.96. The summed E-state index contributed by atoms with van der Waals surface area (Å²) in [4.78, 5) is 54.8. The predicted molar refractivity (Wildman–Crippen MR) is 129 cm³/mol. The fourth-order valence-electron chi connectivity index (χ4n) is 6.31. The molecule has 0 N–H and O–H groups in total. The highest BCUT2D eigenvalue weighted by atomic mass is 35.5. The molecule has 2 saturated carbocycles. The van der Waals surface area contributed by atoms with Crippen molar-refractivity contribution >= 4 is 46.7 Å². The summed E-state index contributed by atoms with van der Waals surface area (Å²) in [6.45, 7) is 1.54. The van der Waals surface area contributed by atoms with Crippen molar-refractivity contribution in [2.75, 3.05) is 0 Å². The van der Waals surface area contributed by atoms with E-state index in [4.69, 9.17) is 23.2 Å². The van der Waals surface area contributed by atoms with Crippen LogP contribution in [0.4, 0.5) is 0 Å². The number of nitrogens with zero attached hydrogens (tertiary/aromatic N) is 2. The summed E-state index contributed by atoms with van der Waals surface area (Å²) in [5.74, 6) is -2.01. The number of amides is 3. The van der Waals surface area contributed by atoms with Crippen LogP contribution in [0.2, 0.25) is 10.0 Å². The first-order valence-electron chi connectivity index (χ1n) is 11.7. The summed E-state index contributed by atoms with van der Waals surface area (Å²) in [6, 6.07) is 11.8. The molecule has 5 aliphatic rings. The third kappa shape index (κ3) is 3.30. The van der Waals surface area contributed by atoms with Crippen molar-refractivity contribution in [3.63, 3.8) is 0 Å². The van der Waals surface area contributed by atoms with Gasteiger partial charge in [-0.2, -0.15) is 5.01 Å². The molecule has 0 aromatic heterocycles. The molecular weight excluding hydrogens is 487 g/mol. The van der Waals surface area contributed by atoms with Crippen molar-refractivity contribution in [1.29, 1.82) is 0 Å². The summed E-state index contributed by atoms with van der Waals surface area (Å²) in [5, 5.41) is 2.41. The molecule has 1 saturated heterocycles. The van der Waals surface area contributed by atoms with E-state index >= 15 is 0 Å². The number of ketones is 1. The van der Waals surface area contributed by atoms with Crippen molar-refractivity contribution in [3.8, 4) is 0 Å². The van der Waals surface area contributed by atoms with Crippen molar-refractivity contribution < 1.29 is 19.2 Å². The lowest BCUT2D eigenvalue weighted by Gasteiger charge is -2.37. The first-order valence-corrected chi connectivity index (χ1v) is 12.5. The van der Waals surface area contributed by atoms with Crippen LogP contribution in [0.25, 0.3) is 0 Å². The zero-order chi connectivity index (χ0) is 24.6. The Balaban J connectivity index is 1.41. The number of imide groups is 1. The maximum Gasteiger partial charge on any atom is 0.273 e. The van der Waals surface area contributed by atoms with Gasteiger partial charge in [0.2, 0.25) is 0 Å². The van der Waals surface area contributed by atoms with Crippen molar-refractivity contribution in [3.05, 3.63) is 81.9 Å². The van der Waals surface area contributed by atoms with Gasteiger partial charge >= 0.3 is 0 Å². The normalized spacial score (nSPS) is 30.7. The lowest BCUT2D eigenvalue weighted by molar-refractivity contribution is -0.156. The van der Waals surface area contributed by atoms with Crippen LogP contribution in [-0.2, 0) is 9.59 Å². The van der Waals surface area contributed by atoms with Gasteiger partial charge in [0.15, 0.2) is 5.78 Å². The number of Topliss-reactive ketones (excluding diaryl/α,β-unsaturated/α-hetero) is 1. The summed E-state index contributed by atoms with van der Waals surface area (Å²) in [6.07, 6.45) is 5.17. The standard InChI is InChI=1S/C27H22Cl2N2O4/c1-13(24(32)14-5-3-2-4-6-14)30(25(33)15-7-10-20(28)21(29)11-15)31-26(34)22-16-8-9-17(19-12-18(16)19)23(22)27(31)35/h2-11,13,16-19,22-23H,12H2,1H3/t13-,16+,17+,18+,19+,22-,23+/m1/s1. The van der Waals surface area contributed by atoms with Crippen LogP contribution in [0.3, 0.4) is 0 Å². The van der Waals surface area contributed by atoms with E-state index in [9.17, 15) is 19.2 Å². The van der Waals surface area contributed by atoms with Gasteiger partial charge in [0, 0.05) is 11.1 Å². The van der Waals surface area contributed by atoms with Gasteiger partial charge in [0.1, 0.15) is 6.04 Å². The third-order valence-corrected chi connectivity index (χ3v) is 8.77. The lowest BCUT2D eigenvalue weighted by atomic mass is 9.63. The number of hydrogen-bond acceptors (Lipinski definition) is 4. The Labute approximate surface area is 212 Å². The minimum Gasteiger partial charge on any atom is -0.292 e. The summed E-state index contributed by atoms with van der Waals surface area (Å²) >= 11 is 12.2. The Morgan fingerprint density at radius 2 is 1.49 bits per heavy atom. The zero-order valence-corrected chi connectivity index (χ0v) is 20.3. The minimum atomic E-state index is -1.10. The van der Waals surface area contributed by atoms with Crippen LogP contribution in [0.5, 0.6) is 0 Å². The maximum atomic E-state index is 13.8. The molecule has 35 heavy (non-hydrogen) atoms. The Morgan fingerprint density at radius 1 is 0.886 bits per heavy atom. The third-order valence-electron chi connectivity index (χ3n) is 8.03. The number of rotatable bonds is 5. The van der Waals surface area contributed by atoms with E-state index in [0.29, 0.717) is 17.4 Å². The number of hydrogen-bond donors (Lipinski definition) is 0. The molecule has 3 amide bonds. The van der Waals surface area contributed by atoms with Gasteiger partial charge in [-0.1, -0.05) is 65.7 Å². The second-order valence-corrected chi connectivity index (χ2v) is 10.6. The molecule has 2 bridgehead atoms. The number of benzene rings is 2. The Bertz CT molecular complexity index is 1270. The van der Waals surface area contributed by atoms with Gasteiger partial charge in [0.05, 0.1) is 21.9 Å². The average molecular weight is 509 g/mol. The van der Waals surface area contributed by atoms with Crippen molar-refractivity contribution in [1.82, 2.24) is 10.0 Å². The molecule has 178 valence electrons. The SMILES string of the molecule is C[C@H](C(=O)c1ccccc1)N(C(=O)c1ccc(Cl)c(Cl)c1)N1C(=O)[C@@H]2[C@H]3C=C[C@@H]([C@@H]4C[C@@H]34)[C@@H]2C1=O. The fourth-order valence-corrected chi connectivity index (χ4v) is 6.61. The first-order chi connectivity index (χ1) is 16.8. The number of hydrazine groups is 1. The monoisotopic (exact) mass is 508 g/mol. The topological polar surface area (TPSA) is 74.8 Å². The van der Waals surface area contributed by atoms with Crippen molar-refractivity contribution in [2.24, 2.45) is 35.5 Å². The lowest BCUT2D eigenvalue weighted by Crippen LogP contribution is -2.56. The highest BCUT2D eigenvalue weighted by molar-refractivity contribution is 6.42. The predicted octanol–water partition coefficient (Wildman–Crippen LogP) is 4.68. The maximum absolute atomic E-state index is 13.8. The number of allylic oxidation sites excluding steroid dienone is 2. The summed E-state index contributed by atoms with van der Waals surface area (Å²) in [7, 11) is 0. The molecule has 0 radical (unpaired) electrons. The molecule has 0 spiro atoms. The van der Waals surface area contributed by atoms with Gasteiger partial charge in [-0.05, 0) is 55.2 Å². The van der Waals surface area contributed by atoms with E-state index in [1.165, 1.54) is 25.1 Å². The quantitative estimate of drug-likeness (QED) is 0.334. The minimum absolute atomic E-state index is 0.00138. The van der Waals surface area contributed by atoms with Gasteiger partial charge in [0.25, 0.3) is 17.7 Å². The van der Waals surface area contributed by atoms with Crippen LogP contribution in [0.15, 0.2) is 60.7 Å². The molecule has 7 atom stereocenters. The molecule has 4 aliphatic carbocycles. The van der Waals surface area contributed by atoms with E-state index in [1.54, 1.807) is 30.3 Å². The van der Waals surface area contributed by atoms with Gasteiger partial charge < -0.3 is 0 Å².